The summed E-state index contributed by atoms with van der Waals surface area (Å²) in [5.41, 5.74) is 4.22. The number of anilines is 3. The molecule has 1 aliphatic heterocycles. The second-order valence-corrected chi connectivity index (χ2v) is 11.6. The largest absolute Gasteiger partial charge is 0.366 e. The van der Waals surface area contributed by atoms with E-state index in [1.165, 1.54) is 0 Å². The van der Waals surface area contributed by atoms with Crippen molar-refractivity contribution in [1.29, 1.82) is 0 Å². The van der Waals surface area contributed by atoms with E-state index in [0.29, 0.717) is 36.9 Å². The summed E-state index contributed by atoms with van der Waals surface area (Å²) in [4.78, 5) is 26.1. The molecule has 1 N–H and O–H groups in total. The molecular weight excluding hydrogens is 741 g/mol. The highest BCUT2D eigenvalue weighted by Gasteiger charge is 2.26. The molecule has 1 aliphatic rings. The van der Waals surface area contributed by atoms with Gasteiger partial charge in [0.1, 0.15) is 14.4 Å². The van der Waals surface area contributed by atoms with E-state index >= 15 is 0 Å². The van der Waals surface area contributed by atoms with Gasteiger partial charge in [0.05, 0.1) is 25.8 Å². The fourth-order valence-corrected chi connectivity index (χ4v) is 6.68. The minimum Gasteiger partial charge on any atom is -0.366 e. The van der Waals surface area contributed by atoms with Crippen LogP contribution in [0.25, 0.3) is 10.9 Å². The predicted molar refractivity (Wildman–Crippen MR) is 160 cm³/mol. The minimum absolute atomic E-state index is 0.0221. The Morgan fingerprint density at radius 3 is 2.17 bits per heavy atom. The van der Waals surface area contributed by atoms with Crippen LogP contribution in [0.4, 0.5) is 17.1 Å². The Morgan fingerprint density at radius 1 is 0.861 bits per heavy atom. The number of nitrogens with zero attached hydrogens (tertiary/aromatic N) is 4. The van der Waals surface area contributed by atoms with Crippen molar-refractivity contribution < 1.29 is 4.79 Å². The predicted octanol–water partition coefficient (Wildman–Crippen LogP) is 8.04. The lowest BCUT2D eigenvalue weighted by atomic mass is 10.1. The van der Waals surface area contributed by atoms with Crippen LogP contribution in [0.15, 0.2) is 72.7 Å². The Hall–Kier alpha value is -1.72. The third-order valence-electron chi connectivity index (χ3n) is 5.95. The molecule has 6 nitrogen and oxygen atoms in total. The van der Waals surface area contributed by atoms with Gasteiger partial charge in [-0.15, -0.1) is 0 Å². The maximum atomic E-state index is 13.2. The first-order valence-corrected chi connectivity index (χ1v) is 14.5. The topological polar surface area (TPSA) is 61.4 Å². The molecule has 0 unspecified atom stereocenters. The van der Waals surface area contributed by atoms with E-state index in [0.717, 1.165) is 46.1 Å². The molecule has 0 radical (unpaired) electrons. The van der Waals surface area contributed by atoms with Gasteiger partial charge >= 0.3 is 0 Å². The number of benzene rings is 2. The van der Waals surface area contributed by atoms with Gasteiger partial charge in [-0.3, -0.25) is 4.79 Å². The van der Waals surface area contributed by atoms with Crippen molar-refractivity contribution in [3.8, 4) is 0 Å². The summed E-state index contributed by atoms with van der Waals surface area (Å²) in [5, 5.41) is 4.80. The molecule has 1 amide bonds. The number of fused-ring (bicyclic) bond motifs is 1. The van der Waals surface area contributed by atoms with Gasteiger partial charge in [0.15, 0.2) is 0 Å². The van der Waals surface area contributed by atoms with Crippen molar-refractivity contribution in [3.05, 3.63) is 83.5 Å². The summed E-state index contributed by atoms with van der Waals surface area (Å²) in [6.45, 7) is 2.66. The number of aromatic nitrogens is 2. The van der Waals surface area contributed by atoms with Gasteiger partial charge in [0.2, 0.25) is 0 Å². The Labute approximate surface area is 246 Å². The van der Waals surface area contributed by atoms with Crippen LogP contribution in [-0.4, -0.2) is 47.0 Å². The van der Waals surface area contributed by atoms with Crippen LogP contribution in [0, 0.1) is 0 Å². The van der Waals surface area contributed by atoms with Crippen LogP contribution < -0.4 is 10.2 Å². The van der Waals surface area contributed by atoms with Crippen molar-refractivity contribution in [3.63, 3.8) is 0 Å². The van der Waals surface area contributed by atoms with Gasteiger partial charge in [-0.1, -0.05) is 29.8 Å². The third kappa shape index (κ3) is 5.29. The van der Waals surface area contributed by atoms with Gasteiger partial charge in [0, 0.05) is 42.8 Å². The number of para-hydroxylation sites is 1. The summed E-state index contributed by atoms with van der Waals surface area (Å²) in [6, 6.07) is 17.2. The van der Waals surface area contributed by atoms with Crippen LogP contribution in [-0.2, 0) is 0 Å². The zero-order valence-corrected chi connectivity index (χ0v) is 25.7. The first-order chi connectivity index (χ1) is 17.3. The van der Waals surface area contributed by atoms with Gasteiger partial charge in [0.25, 0.3) is 5.91 Å². The first kappa shape index (κ1) is 25.9. The third-order valence-corrected chi connectivity index (χ3v) is 9.86. The fraction of sp³-hybridized carbons (Fsp3) is 0.160. The van der Waals surface area contributed by atoms with E-state index in [4.69, 9.17) is 11.6 Å². The molecule has 0 bridgehead atoms. The zero-order chi connectivity index (χ0) is 25.4. The summed E-state index contributed by atoms with van der Waals surface area (Å²) in [5.74, 6) is 0.0221. The second-order valence-electron chi connectivity index (χ2n) is 8.16. The van der Waals surface area contributed by atoms with Gasteiger partial charge in [-0.2, -0.15) is 0 Å². The van der Waals surface area contributed by atoms with E-state index in [1.807, 2.05) is 53.4 Å². The normalized spacial score (nSPS) is 13.8. The Balaban J connectivity index is 1.27. The van der Waals surface area contributed by atoms with E-state index in [2.05, 4.69) is 83.9 Å². The average Bonchev–Trinajstić information content (AvgIpc) is 2.88. The quantitative estimate of drug-likeness (QED) is 0.214. The van der Waals surface area contributed by atoms with Crippen LogP contribution in [0.5, 0.6) is 0 Å². The number of carbonyl (C=O) groups excluding carboxylic acids is 1. The lowest BCUT2D eigenvalue weighted by molar-refractivity contribution is 0.0746. The number of pyridine rings is 2. The van der Waals surface area contributed by atoms with Crippen molar-refractivity contribution in [2.45, 2.75) is 0 Å². The van der Waals surface area contributed by atoms with E-state index < -0.39 is 0 Å². The van der Waals surface area contributed by atoms with E-state index in [9.17, 15) is 4.79 Å². The lowest BCUT2D eigenvalue weighted by Gasteiger charge is -2.37. The van der Waals surface area contributed by atoms with Crippen LogP contribution in [0.3, 0.4) is 0 Å². The standard InChI is InChI=1S/C25H18Br4ClN5O/c26-20-22(21(27)24(29)33-23(20)28)34-9-11-35(12-10-34)25(36)14-5-7-15(8-6-14)31-18-13-19(30)32-17-4-2-1-3-16(17)18/h1-8,13H,9-12H2,(H,31,32). The smallest absolute Gasteiger partial charge is 0.253 e. The molecule has 2 aromatic carbocycles. The molecule has 0 atom stereocenters. The molecule has 0 aliphatic carbocycles. The molecule has 0 saturated carbocycles. The second kappa shape index (κ2) is 10.9. The molecule has 2 aromatic heterocycles. The molecule has 3 heterocycles. The van der Waals surface area contributed by atoms with E-state index in [1.54, 1.807) is 6.07 Å². The van der Waals surface area contributed by atoms with Crippen molar-refractivity contribution >= 4 is 109 Å². The molecule has 184 valence electrons. The molecule has 4 aromatic rings. The Morgan fingerprint density at radius 2 is 1.50 bits per heavy atom. The number of piperazine rings is 1. The molecular formula is C25H18Br4ClN5O. The summed E-state index contributed by atoms with van der Waals surface area (Å²) in [7, 11) is 0. The van der Waals surface area contributed by atoms with Crippen molar-refractivity contribution in [2.75, 3.05) is 36.4 Å². The number of nitrogens with one attached hydrogen (secondary N) is 1. The maximum Gasteiger partial charge on any atom is 0.253 e. The molecule has 36 heavy (non-hydrogen) atoms. The summed E-state index contributed by atoms with van der Waals surface area (Å²) in [6.07, 6.45) is 0. The Bertz CT molecular complexity index is 1430. The molecule has 1 saturated heterocycles. The van der Waals surface area contributed by atoms with Crippen LogP contribution in [0.2, 0.25) is 5.15 Å². The molecule has 0 spiro atoms. The first-order valence-electron chi connectivity index (χ1n) is 11.0. The number of hydrogen-bond acceptors (Lipinski definition) is 5. The van der Waals surface area contributed by atoms with Crippen molar-refractivity contribution in [2.24, 2.45) is 0 Å². The SMILES string of the molecule is O=C(c1ccc(Nc2cc(Cl)nc3ccccc23)cc1)N1CCN(c2c(Br)c(Br)nc(Br)c2Br)CC1. The number of carbonyl (C=O) groups is 1. The highest BCUT2D eigenvalue weighted by Crippen LogP contribution is 2.42. The van der Waals surface area contributed by atoms with Crippen LogP contribution >= 0.6 is 75.3 Å². The van der Waals surface area contributed by atoms with Crippen molar-refractivity contribution in [1.82, 2.24) is 14.9 Å². The number of hydrogen-bond donors (Lipinski definition) is 1. The van der Waals surface area contributed by atoms with E-state index in [-0.39, 0.29) is 5.91 Å². The summed E-state index contributed by atoms with van der Waals surface area (Å²) < 4.78 is 3.20. The van der Waals surface area contributed by atoms with Gasteiger partial charge in [-0.25, -0.2) is 9.97 Å². The number of halogens is 5. The molecule has 5 rings (SSSR count). The highest BCUT2D eigenvalue weighted by atomic mass is 79.9. The van der Waals surface area contributed by atoms with Gasteiger partial charge < -0.3 is 15.1 Å². The monoisotopic (exact) mass is 755 g/mol. The van der Waals surface area contributed by atoms with Crippen LogP contribution in [0.1, 0.15) is 10.4 Å². The zero-order valence-electron chi connectivity index (χ0n) is 18.6. The number of amides is 1. The fourth-order valence-electron chi connectivity index (χ4n) is 4.17. The number of rotatable bonds is 4. The maximum absolute atomic E-state index is 13.2. The highest BCUT2D eigenvalue weighted by molar-refractivity contribution is 9.14. The molecule has 1 fully saturated rings. The minimum atomic E-state index is 0.0221. The average molecular weight is 760 g/mol. The lowest BCUT2D eigenvalue weighted by Crippen LogP contribution is -2.49. The Kier molecular flexibility index (Phi) is 7.88. The summed E-state index contributed by atoms with van der Waals surface area (Å²) >= 11 is 20.4. The van der Waals surface area contributed by atoms with Gasteiger partial charge in [-0.05, 0) is 100 Å². The molecule has 11 heteroatoms.